The van der Waals surface area contributed by atoms with Crippen LogP contribution in [0.1, 0.15) is 16.3 Å². The lowest BCUT2D eigenvalue weighted by Crippen LogP contribution is -2.26. The molecule has 2 rings (SSSR count). The first-order valence-corrected chi connectivity index (χ1v) is 5.52. The van der Waals surface area contributed by atoms with Crippen molar-refractivity contribution in [3.05, 3.63) is 47.3 Å². The standard InChI is InChI=1S/C11H11ClN4O/c12-9-3-1-2-8(16-9)11(17)15-5-4-10-13-6-7-14-10/h1-3,6-7H,4-5H2,(H,13,14)(H,15,17). The van der Waals surface area contributed by atoms with Gasteiger partial charge in [0.1, 0.15) is 16.7 Å². The summed E-state index contributed by atoms with van der Waals surface area (Å²) in [5.74, 6) is 0.600. The molecular weight excluding hydrogens is 240 g/mol. The maximum Gasteiger partial charge on any atom is 0.269 e. The zero-order valence-electron chi connectivity index (χ0n) is 8.98. The van der Waals surface area contributed by atoms with Crippen LogP contribution in [0, 0.1) is 0 Å². The molecule has 5 nitrogen and oxygen atoms in total. The number of hydrogen-bond acceptors (Lipinski definition) is 3. The Labute approximate surface area is 103 Å². The molecule has 0 bridgehead atoms. The summed E-state index contributed by atoms with van der Waals surface area (Å²) in [7, 11) is 0. The van der Waals surface area contributed by atoms with Crippen molar-refractivity contribution in [3.8, 4) is 0 Å². The second-order valence-electron chi connectivity index (χ2n) is 3.39. The number of carbonyl (C=O) groups excluding carboxylic acids is 1. The van der Waals surface area contributed by atoms with Gasteiger partial charge in [0.2, 0.25) is 0 Å². The van der Waals surface area contributed by atoms with E-state index in [0.29, 0.717) is 23.8 Å². The van der Waals surface area contributed by atoms with Crippen LogP contribution in [-0.4, -0.2) is 27.4 Å². The van der Waals surface area contributed by atoms with Crippen molar-refractivity contribution >= 4 is 17.5 Å². The Hall–Kier alpha value is -1.88. The molecule has 2 heterocycles. The van der Waals surface area contributed by atoms with Crippen LogP contribution in [0.25, 0.3) is 0 Å². The van der Waals surface area contributed by atoms with Gasteiger partial charge in [-0.3, -0.25) is 4.79 Å². The van der Waals surface area contributed by atoms with Gasteiger partial charge in [-0.05, 0) is 12.1 Å². The molecular formula is C11H11ClN4O. The van der Waals surface area contributed by atoms with Gasteiger partial charge >= 0.3 is 0 Å². The highest BCUT2D eigenvalue weighted by Crippen LogP contribution is 2.04. The number of aromatic amines is 1. The van der Waals surface area contributed by atoms with Gasteiger partial charge in [-0.1, -0.05) is 17.7 Å². The molecule has 1 amide bonds. The minimum atomic E-state index is -0.237. The summed E-state index contributed by atoms with van der Waals surface area (Å²) >= 11 is 5.70. The van der Waals surface area contributed by atoms with Crippen LogP contribution in [-0.2, 0) is 6.42 Å². The van der Waals surface area contributed by atoms with E-state index in [1.54, 1.807) is 30.6 Å². The number of halogens is 1. The monoisotopic (exact) mass is 250 g/mol. The van der Waals surface area contributed by atoms with Gasteiger partial charge in [0.15, 0.2) is 0 Å². The molecule has 0 saturated heterocycles. The van der Waals surface area contributed by atoms with Gasteiger partial charge < -0.3 is 10.3 Å². The molecule has 0 aliphatic rings. The average Bonchev–Trinajstić information content (AvgIpc) is 2.82. The molecule has 6 heteroatoms. The Morgan fingerprint density at radius 2 is 2.35 bits per heavy atom. The van der Waals surface area contributed by atoms with E-state index in [2.05, 4.69) is 20.3 Å². The molecule has 0 fully saturated rings. The Morgan fingerprint density at radius 1 is 1.47 bits per heavy atom. The molecule has 0 aliphatic carbocycles. The van der Waals surface area contributed by atoms with Crippen LogP contribution in [0.2, 0.25) is 5.15 Å². The number of hydrogen-bond donors (Lipinski definition) is 2. The number of nitrogens with one attached hydrogen (secondary N) is 2. The van der Waals surface area contributed by atoms with Gasteiger partial charge in [0.25, 0.3) is 5.91 Å². The maximum absolute atomic E-state index is 11.7. The smallest absolute Gasteiger partial charge is 0.269 e. The van der Waals surface area contributed by atoms with Crippen LogP contribution in [0.15, 0.2) is 30.6 Å². The third-order valence-corrected chi connectivity index (χ3v) is 2.36. The van der Waals surface area contributed by atoms with Gasteiger partial charge in [-0.2, -0.15) is 0 Å². The Bertz CT molecular complexity index is 498. The average molecular weight is 251 g/mol. The predicted octanol–water partition coefficient (Wildman–Crippen LogP) is 1.43. The van der Waals surface area contributed by atoms with Gasteiger partial charge in [-0.25, -0.2) is 9.97 Å². The van der Waals surface area contributed by atoms with Gasteiger partial charge in [0.05, 0.1) is 0 Å². The molecule has 0 saturated carbocycles. The quantitative estimate of drug-likeness (QED) is 0.807. The van der Waals surface area contributed by atoms with E-state index in [-0.39, 0.29) is 5.91 Å². The lowest BCUT2D eigenvalue weighted by molar-refractivity contribution is 0.0949. The first kappa shape index (κ1) is 11.6. The molecule has 88 valence electrons. The van der Waals surface area contributed by atoms with Crippen LogP contribution >= 0.6 is 11.6 Å². The summed E-state index contributed by atoms with van der Waals surface area (Å²) in [5, 5.41) is 3.05. The number of H-pyrrole nitrogens is 1. The van der Waals surface area contributed by atoms with Crippen molar-refractivity contribution in [1.82, 2.24) is 20.3 Å². The molecule has 0 aromatic carbocycles. The summed E-state index contributed by atoms with van der Waals surface area (Å²) < 4.78 is 0. The van der Waals surface area contributed by atoms with E-state index in [1.165, 1.54) is 0 Å². The first-order valence-electron chi connectivity index (χ1n) is 5.15. The Balaban J connectivity index is 1.85. The summed E-state index contributed by atoms with van der Waals surface area (Å²) in [6.07, 6.45) is 4.07. The highest BCUT2D eigenvalue weighted by molar-refractivity contribution is 6.29. The molecule has 0 aliphatic heterocycles. The van der Waals surface area contributed by atoms with E-state index in [9.17, 15) is 4.79 Å². The maximum atomic E-state index is 11.7. The molecule has 2 N–H and O–H groups in total. The summed E-state index contributed by atoms with van der Waals surface area (Å²) in [6.45, 7) is 0.501. The predicted molar refractivity (Wildman–Crippen MR) is 63.9 cm³/mol. The Morgan fingerprint density at radius 3 is 3.06 bits per heavy atom. The van der Waals surface area contributed by atoms with Gasteiger partial charge in [0, 0.05) is 25.4 Å². The highest BCUT2D eigenvalue weighted by Gasteiger charge is 2.06. The fourth-order valence-corrected chi connectivity index (χ4v) is 1.52. The molecule has 0 unspecified atom stereocenters. The van der Waals surface area contributed by atoms with E-state index >= 15 is 0 Å². The molecule has 0 spiro atoms. The van der Waals surface area contributed by atoms with Crippen LogP contribution in [0.4, 0.5) is 0 Å². The largest absolute Gasteiger partial charge is 0.350 e. The molecule has 2 aromatic heterocycles. The number of rotatable bonds is 4. The number of amides is 1. The number of aromatic nitrogens is 3. The summed E-state index contributed by atoms with van der Waals surface area (Å²) in [4.78, 5) is 22.6. The minimum Gasteiger partial charge on any atom is -0.350 e. The number of nitrogens with zero attached hydrogens (tertiary/aromatic N) is 2. The lowest BCUT2D eigenvalue weighted by atomic mass is 10.3. The minimum absolute atomic E-state index is 0.237. The van der Waals surface area contributed by atoms with Crippen molar-refractivity contribution in [2.24, 2.45) is 0 Å². The number of carbonyl (C=O) groups is 1. The topological polar surface area (TPSA) is 70.7 Å². The second kappa shape index (κ2) is 5.45. The fourth-order valence-electron chi connectivity index (χ4n) is 1.35. The summed E-state index contributed by atoms with van der Waals surface area (Å²) in [5.41, 5.74) is 0.317. The lowest BCUT2D eigenvalue weighted by Gasteiger charge is -2.03. The zero-order chi connectivity index (χ0) is 12.1. The van der Waals surface area contributed by atoms with Crippen molar-refractivity contribution in [1.29, 1.82) is 0 Å². The third kappa shape index (κ3) is 3.29. The van der Waals surface area contributed by atoms with E-state index < -0.39 is 0 Å². The van der Waals surface area contributed by atoms with Crippen LogP contribution in [0.3, 0.4) is 0 Å². The van der Waals surface area contributed by atoms with Crippen molar-refractivity contribution in [2.45, 2.75) is 6.42 Å². The molecule has 0 atom stereocenters. The molecule has 17 heavy (non-hydrogen) atoms. The molecule has 2 aromatic rings. The van der Waals surface area contributed by atoms with Crippen LogP contribution in [0.5, 0.6) is 0 Å². The SMILES string of the molecule is O=C(NCCc1ncc[nH]1)c1cccc(Cl)n1. The number of pyridine rings is 1. The first-order chi connectivity index (χ1) is 8.25. The molecule has 0 radical (unpaired) electrons. The Kier molecular flexibility index (Phi) is 3.72. The fraction of sp³-hybridized carbons (Fsp3) is 0.182. The van der Waals surface area contributed by atoms with E-state index in [4.69, 9.17) is 11.6 Å². The number of imidazole rings is 1. The van der Waals surface area contributed by atoms with Gasteiger partial charge in [-0.15, -0.1) is 0 Å². The van der Waals surface area contributed by atoms with Crippen molar-refractivity contribution < 1.29 is 4.79 Å². The summed E-state index contributed by atoms with van der Waals surface area (Å²) in [6, 6.07) is 4.94. The van der Waals surface area contributed by atoms with Crippen molar-refractivity contribution in [2.75, 3.05) is 6.54 Å². The van der Waals surface area contributed by atoms with Crippen molar-refractivity contribution in [3.63, 3.8) is 0 Å². The third-order valence-electron chi connectivity index (χ3n) is 2.15. The highest BCUT2D eigenvalue weighted by atomic mass is 35.5. The second-order valence-corrected chi connectivity index (χ2v) is 3.77. The zero-order valence-corrected chi connectivity index (χ0v) is 9.74. The van der Waals surface area contributed by atoms with Crippen LogP contribution < -0.4 is 5.32 Å². The van der Waals surface area contributed by atoms with E-state index in [0.717, 1.165) is 5.82 Å². The normalized spacial score (nSPS) is 10.2. The van der Waals surface area contributed by atoms with E-state index in [1.807, 2.05) is 0 Å².